The number of imidazole rings is 1. The molecule has 2 N–H and O–H groups in total. The Labute approximate surface area is 123 Å². The molecular formula is C14H16N4O2S. The lowest BCUT2D eigenvalue weighted by Crippen LogP contribution is -2.26. The molecule has 110 valence electrons. The number of H-pyrrole nitrogens is 1. The largest absolute Gasteiger partial charge is 0.349 e. The lowest BCUT2D eigenvalue weighted by atomic mass is 10.1. The first kappa shape index (κ1) is 15.2. The van der Waals surface area contributed by atoms with E-state index in [9.17, 15) is 8.42 Å². The number of sulfonamides is 1. The maximum atomic E-state index is 12.0. The van der Waals surface area contributed by atoms with Gasteiger partial charge in [-0.05, 0) is 18.1 Å². The Morgan fingerprint density at radius 2 is 2.14 bits per heavy atom. The van der Waals surface area contributed by atoms with Gasteiger partial charge in [-0.1, -0.05) is 18.2 Å². The van der Waals surface area contributed by atoms with Crippen molar-refractivity contribution in [3.05, 3.63) is 53.6 Å². The van der Waals surface area contributed by atoms with E-state index < -0.39 is 10.0 Å². The smallest absolute Gasteiger partial charge is 0.215 e. The fourth-order valence-corrected chi connectivity index (χ4v) is 3.15. The van der Waals surface area contributed by atoms with Crippen molar-refractivity contribution in [2.24, 2.45) is 0 Å². The van der Waals surface area contributed by atoms with E-state index in [1.807, 2.05) is 6.07 Å². The summed E-state index contributed by atoms with van der Waals surface area (Å²) in [5.74, 6) is 0.654. The number of nitriles is 1. The zero-order chi connectivity index (χ0) is 15.1. The van der Waals surface area contributed by atoms with E-state index in [-0.39, 0.29) is 5.75 Å². The van der Waals surface area contributed by atoms with E-state index in [4.69, 9.17) is 5.26 Å². The van der Waals surface area contributed by atoms with Gasteiger partial charge in [-0.3, -0.25) is 0 Å². The third kappa shape index (κ3) is 4.70. The van der Waals surface area contributed by atoms with Crippen LogP contribution in [-0.2, 0) is 22.2 Å². The molecule has 1 aromatic carbocycles. The van der Waals surface area contributed by atoms with E-state index in [2.05, 4.69) is 14.7 Å². The van der Waals surface area contributed by atoms with Crippen LogP contribution in [0.25, 0.3) is 0 Å². The van der Waals surface area contributed by atoms with Gasteiger partial charge in [-0.2, -0.15) is 5.26 Å². The Hall–Kier alpha value is -2.17. The quantitative estimate of drug-likeness (QED) is 0.754. The third-order valence-electron chi connectivity index (χ3n) is 2.95. The molecule has 7 heteroatoms. The summed E-state index contributed by atoms with van der Waals surface area (Å²) < 4.78 is 26.5. The predicted molar refractivity (Wildman–Crippen MR) is 78.7 cm³/mol. The number of aromatic nitrogens is 2. The molecule has 0 fully saturated rings. The van der Waals surface area contributed by atoms with Crippen molar-refractivity contribution >= 4 is 10.0 Å². The van der Waals surface area contributed by atoms with Crippen LogP contribution in [0.4, 0.5) is 0 Å². The van der Waals surface area contributed by atoms with Gasteiger partial charge >= 0.3 is 0 Å². The van der Waals surface area contributed by atoms with Crippen LogP contribution in [0.1, 0.15) is 23.4 Å². The lowest BCUT2D eigenvalue weighted by molar-refractivity contribution is 0.577. The Morgan fingerprint density at radius 3 is 2.86 bits per heavy atom. The zero-order valence-electron chi connectivity index (χ0n) is 11.4. The maximum absolute atomic E-state index is 12.0. The fourth-order valence-electron chi connectivity index (χ4n) is 1.93. The van der Waals surface area contributed by atoms with Gasteiger partial charge in [0.15, 0.2) is 0 Å². The number of nitrogens with one attached hydrogen (secondary N) is 2. The molecule has 0 radical (unpaired) electrons. The number of aryl methyl sites for hydroxylation is 1. The average Bonchev–Trinajstić information content (AvgIpc) is 2.97. The molecule has 2 aromatic rings. The van der Waals surface area contributed by atoms with Crippen molar-refractivity contribution in [2.75, 3.05) is 6.54 Å². The second-order valence-corrected chi connectivity index (χ2v) is 6.37. The van der Waals surface area contributed by atoms with Crippen molar-refractivity contribution in [1.29, 1.82) is 5.26 Å². The molecule has 1 heterocycles. The molecule has 0 amide bonds. The van der Waals surface area contributed by atoms with Crippen LogP contribution in [0, 0.1) is 11.3 Å². The average molecular weight is 304 g/mol. The van der Waals surface area contributed by atoms with Crippen LogP contribution in [0.2, 0.25) is 0 Å². The molecule has 2 rings (SSSR count). The second-order valence-electron chi connectivity index (χ2n) is 4.56. The molecule has 0 aliphatic rings. The molecule has 0 spiro atoms. The van der Waals surface area contributed by atoms with Crippen molar-refractivity contribution in [1.82, 2.24) is 14.7 Å². The number of nitrogens with zero attached hydrogens (tertiary/aromatic N) is 2. The number of aromatic amines is 1. The van der Waals surface area contributed by atoms with Crippen LogP contribution < -0.4 is 4.72 Å². The minimum absolute atomic E-state index is 0.183. The van der Waals surface area contributed by atoms with Crippen LogP contribution in [-0.4, -0.2) is 24.9 Å². The molecule has 0 bridgehead atoms. The summed E-state index contributed by atoms with van der Waals surface area (Å²) in [5, 5.41) is 8.96. The molecule has 0 saturated heterocycles. The van der Waals surface area contributed by atoms with Crippen molar-refractivity contribution in [3.8, 4) is 6.07 Å². The van der Waals surface area contributed by atoms with Crippen LogP contribution >= 0.6 is 0 Å². The standard InChI is InChI=1S/C14H16N4O2S/c15-10-12-4-1-2-5-13(12)11-21(19,20)18-7-3-6-14-16-8-9-17-14/h1-2,4-5,8-9,18H,3,6-7,11H2,(H,16,17). The molecular weight excluding hydrogens is 288 g/mol. The number of benzene rings is 1. The molecule has 1 aromatic heterocycles. The summed E-state index contributed by atoms with van der Waals surface area (Å²) in [6.07, 6.45) is 4.74. The lowest BCUT2D eigenvalue weighted by Gasteiger charge is -2.07. The third-order valence-corrected chi connectivity index (χ3v) is 4.29. The first-order chi connectivity index (χ1) is 10.1. The molecule has 0 aliphatic carbocycles. The van der Waals surface area contributed by atoms with E-state index in [1.54, 1.807) is 36.7 Å². The van der Waals surface area contributed by atoms with Gasteiger partial charge in [0.05, 0.1) is 17.4 Å². The highest BCUT2D eigenvalue weighted by atomic mass is 32.2. The molecule has 0 aliphatic heterocycles. The summed E-state index contributed by atoms with van der Waals surface area (Å²) in [4.78, 5) is 7.04. The Morgan fingerprint density at radius 1 is 1.33 bits per heavy atom. The predicted octanol–water partition coefficient (Wildman–Crippen LogP) is 1.33. The van der Waals surface area contributed by atoms with Gasteiger partial charge in [0.25, 0.3) is 0 Å². The molecule has 0 atom stereocenters. The maximum Gasteiger partial charge on any atom is 0.215 e. The Bertz CT molecular complexity index is 718. The van der Waals surface area contributed by atoms with Crippen LogP contribution in [0.15, 0.2) is 36.7 Å². The number of rotatable bonds is 7. The van der Waals surface area contributed by atoms with Crippen molar-refractivity contribution in [2.45, 2.75) is 18.6 Å². The molecule has 0 saturated carbocycles. The first-order valence-electron chi connectivity index (χ1n) is 6.54. The summed E-state index contributed by atoms with van der Waals surface area (Å²) in [5.41, 5.74) is 0.900. The minimum atomic E-state index is -3.44. The van der Waals surface area contributed by atoms with E-state index in [0.717, 1.165) is 5.82 Å². The van der Waals surface area contributed by atoms with Gasteiger partial charge in [0.2, 0.25) is 10.0 Å². The van der Waals surface area contributed by atoms with Crippen molar-refractivity contribution in [3.63, 3.8) is 0 Å². The number of hydrogen-bond donors (Lipinski definition) is 2. The molecule has 6 nitrogen and oxygen atoms in total. The Balaban J connectivity index is 1.86. The van der Waals surface area contributed by atoms with Crippen LogP contribution in [0.3, 0.4) is 0 Å². The van der Waals surface area contributed by atoms with Crippen LogP contribution in [0.5, 0.6) is 0 Å². The second kappa shape index (κ2) is 7.02. The van der Waals surface area contributed by atoms with Gasteiger partial charge in [-0.15, -0.1) is 0 Å². The minimum Gasteiger partial charge on any atom is -0.349 e. The Kier molecular flexibility index (Phi) is 5.09. The summed E-state index contributed by atoms with van der Waals surface area (Å²) in [6.45, 7) is 0.345. The summed E-state index contributed by atoms with van der Waals surface area (Å²) in [7, 11) is -3.44. The highest BCUT2D eigenvalue weighted by Crippen LogP contribution is 2.10. The van der Waals surface area contributed by atoms with Gasteiger partial charge < -0.3 is 4.98 Å². The normalized spacial score (nSPS) is 11.2. The topological polar surface area (TPSA) is 98.6 Å². The molecule has 0 unspecified atom stereocenters. The summed E-state index contributed by atoms with van der Waals surface area (Å²) >= 11 is 0. The number of hydrogen-bond acceptors (Lipinski definition) is 4. The summed E-state index contributed by atoms with van der Waals surface area (Å²) in [6, 6.07) is 8.70. The first-order valence-corrected chi connectivity index (χ1v) is 8.19. The van der Waals surface area contributed by atoms with E-state index in [0.29, 0.717) is 30.5 Å². The monoisotopic (exact) mass is 304 g/mol. The highest BCUT2D eigenvalue weighted by Gasteiger charge is 2.13. The zero-order valence-corrected chi connectivity index (χ0v) is 12.2. The fraction of sp³-hybridized carbons (Fsp3) is 0.286. The van der Waals surface area contributed by atoms with Crippen molar-refractivity contribution < 1.29 is 8.42 Å². The van der Waals surface area contributed by atoms with Gasteiger partial charge in [-0.25, -0.2) is 18.1 Å². The van der Waals surface area contributed by atoms with E-state index in [1.165, 1.54) is 0 Å². The highest BCUT2D eigenvalue weighted by molar-refractivity contribution is 7.88. The SMILES string of the molecule is N#Cc1ccccc1CS(=O)(=O)NCCCc1ncc[nH]1. The van der Waals surface area contributed by atoms with E-state index >= 15 is 0 Å². The van der Waals surface area contributed by atoms with Gasteiger partial charge in [0, 0.05) is 25.4 Å². The molecule has 21 heavy (non-hydrogen) atoms. The van der Waals surface area contributed by atoms with Gasteiger partial charge in [0.1, 0.15) is 5.82 Å².